The van der Waals surface area contributed by atoms with E-state index in [1.807, 2.05) is 67.7 Å². The van der Waals surface area contributed by atoms with Gasteiger partial charge in [-0.25, -0.2) is 13.1 Å². The van der Waals surface area contributed by atoms with E-state index in [4.69, 9.17) is 0 Å². The van der Waals surface area contributed by atoms with Crippen molar-refractivity contribution in [3.63, 3.8) is 0 Å². The van der Waals surface area contributed by atoms with Gasteiger partial charge in [0.05, 0.1) is 18.3 Å². The molecule has 0 aliphatic carbocycles. The first kappa shape index (κ1) is 15.7. The lowest BCUT2D eigenvalue weighted by atomic mass is 9.94. The minimum atomic E-state index is -3.32. The van der Waals surface area contributed by atoms with E-state index in [0.717, 1.165) is 11.1 Å². The van der Waals surface area contributed by atoms with Gasteiger partial charge in [-0.3, -0.25) is 0 Å². The molecular formula is C16H20N2O2S. The maximum Gasteiger partial charge on any atom is 0.209 e. The number of nitrogens with one attached hydrogen (secondary N) is 2. The summed E-state index contributed by atoms with van der Waals surface area (Å²) >= 11 is 0. The average molecular weight is 304 g/mol. The van der Waals surface area contributed by atoms with Crippen molar-refractivity contribution in [3.8, 4) is 0 Å². The summed E-state index contributed by atoms with van der Waals surface area (Å²) in [6.07, 6.45) is 1.18. The molecule has 0 saturated heterocycles. The monoisotopic (exact) mass is 304 g/mol. The van der Waals surface area contributed by atoms with E-state index in [2.05, 4.69) is 10.0 Å². The number of sulfonamides is 1. The summed E-state index contributed by atoms with van der Waals surface area (Å²) in [6.45, 7) is 0. The maximum absolute atomic E-state index is 11.7. The Labute approximate surface area is 126 Å². The molecule has 2 rings (SSSR count). The van der Waals surface area contributed by atoms with Gasteiger partial charge in [-0.15, -0.1) is 0 Å². The third-order valence-corrected chi connectivity index (χ3v) is 3.98. The number of hydrogen-bond acceptors (Lipinski definition) is 3. The summed E-state index contributed by atoms with van der Waals surface area (Å²) in [7, 11) is -1.49. The molecule has 0 spiro atoms. The number of likely N-dealkylation sites (N-methyl/N-ethyl adjacent to an activating group) is 1. The van der Waals surface area contributed by atoms with Crippen LogP contribution in [0.1, 0.15) is 23.2 Å². The van der Waals surface area contributed by atoms with Crippen molar-refractivity contribution < 1.29 is 8.42 Å². The van der Waals surface area contributed by atoms with Gasteiger partial charge in [-0.2, -0.15) is 0 Å². The minimum Gasteiger partial charge on any atom is -0.311 e. The van der Waals surface area contributed by atoms with Crippen molar-refractivity contribution >= 4 is 10.0 Å². The van der Waals surface area contributed by atoms with Crippen LogP contribution >= 0.6 is 0 Å². The van der Waals surface area contributed by atoms with Crippen LogP contribution in [0.25, 0.3) is 0 Å². The van der Waals surface area contributed by atoms with Gasteiger partial charge in [0.15, 0.2) is 0 Å². The highest BCUT2D eigenvalue weighted by atomic mass is 32.2. The molecule has 0 amide bonds. The van der Waals surface area contributed by atoms with Gasteiger partial charge < -0.3 is 5.32 Å². The van der Waals surface area contributed by atoms with Gasteiger partial charge in [0.2, 0.25) is 10.0 Å². The van der Waals surface area contributed by atoms with Crippen LogP contribution in [-0.2, 0) is 10.0 Å². The van der Waals surface area contributed by atoms with Crippen LogP contribution in [0.15, 0.2) is 60.7 Å². The van der Waals surface area contributed by atoms with E-state index in [-0.39, 0.29) is 12.1 Å². The van der Waals surface area contributed by atoms with Crippen molar-refractivity contribution in [2.45, 2.75) is 12.1 Å². The zero-order valence-corrected chi connectivity index (χ0v) is 13.0. The molecule has 0 aromatic heterocycles. The predicted octanol–water partition coefficient (Wildman–Crippen LogP) is 2.24. The van der Waals surface area contributed by atoms with Crippen LogP contribution in [0, 0.1) is 0 Å². The molecule has 0 aliphatic rings. The normalized spacial score (nSPS) is 14.6. The van der Waals surface area contributed by atoms with Crippen LogP contribution < -0.4 is 10.0 Å². The van der Waals surface area contributed by atoms with Gasteiger partial charge in [0.1, 0.15) is 0 Å². The topological polar surface area (TPSA) is 58.2 Å². The molecule has 1 unspecified atom stereocenters. The van der Waals surface area contributed by atoms with Crippen molar-refractivity contribution in [3.05, 3.63) is 71.8 Å². The standard InChI is InChI=1S/C16H20N2O2S/c1-17-15(13-9-5-3-6-10-13)16(18-21(2,19)20)14-11-7-4-8-12-14/h3-12,15-18H,1-2H3/t15?,16-/m0/s1. The molecule has 0 aliphatic heterocycles. The summed E-state index contributed by atoms with van der Waals surface area (Å²) in [5.74, 6) is 0. The Morgan fingerprint density at radius 3 is 1.62 bits per heavy atom. The molecule has 0 radical (unpaired) electrons. The van der Waals surface area contributed by atoms with Crippen molar-refractivity contribution in [1.29, 1.82) is 0 Å². The van der Waals surface area contributed by atoms with Crippen LogP contribution in [0.4, 0.5) is 0 Å². The molecular weight excluding hydrogens is 284 g/mol. The summed E-state index contributed by atoms with van der Waals surface area (Å²) in [5, 5.41) is 3.21. The molecule has 0 heterocycles. The second kappa shape index (κ2) is 6.85. The van der Waals surface area contributed by atoms with E-state index in [1.165, 1.54) is 6.26 Å². The SMILES string of the molecule is CNC(c1ccccc1)[C@@H](NS(C)(=O)=O)c1ccccc1. The molecule has 2 aromatic rings. The van der Waals surface area contributed by atoms with Gasteiger partial charge in [-0.05, 0) is 18.2 Å². The van der Waals surface area contributed by atoms with Crippen LogP contribution in [0.5, 0.6) is 0 Å². The summed E-state index contributed by atoms with van der Waals surface area (Å²) in [6, 6.07) is 18.9. The van der Waals surface area contributed by atoms with Crippen LogP contribution in [0.3, 0.4) is 0 Å². The number of hydrogen-bond donors (Lipinski definition) is 2. The second-order valence-corrected chi connectivity index (χ2v) is 6.74. The first-order chi connectivity index (χ1) is 10.0. The first-order valence-corrected chi connectivity index (χ1v) is 8.65. The largest absolute Gasteiger partial charge is 0.311 e. The highest BCUT2D eigenvalue weighted by molar-refractivity contribution is 7.88. The quantitative estimate of drug-likeness (QED) is 0.860. The van der Waals surface area contributed by atoms with E-state index in [9.17, 15) is 8.42 Å². The molecule has 0 saturated carbocycles. The van der Waals surface area contributed by atoms with Gasteiger partial charge in [-0.1, -0.05) is 60.7 Å². The summed E-state index contributed by atoms with van der Waals surface area (Å²) < 4.78 is 26.2. The second-order valence-electron chi connectivity index (χ2n) is 4.96. The summed E-state index contributed by atoms with van der Waals surface area (Å²) in [4.78, 5) is 0. The Kier molecular flexibility index (Phi) is 5.12. The molecule has 2 atom stereocenters. The first-order valence-electron chi connectivity index (χ1n) is 6.76. The molecule has 2 N–H and O–H groups in total. The number of rotatable bonds is 6. The van der Waals surface area contributed by atoms with Gasteiger partial charge >= 0.3 is 0 Å². The zero-order valence-electron chi connectivity index (χ0n) is 12.2. The van der Waals surface area contributed by atoms with E-state index in [0.29, 0.717) is 0 Å². The molecule has 0 bridgehead atoms. The highest BCUT2D eigenvalue weighted by Crippen LogP contribution is 2.29. The third-order valence-electron chi connectivity index (χ3n) is 3.30. The Morgan fingerprint density at radius 1 is 0.810 bits per heavy atom. The molecule has 4 nitrogen and oxygen atoms in total. The molecule has 21 heavy (non-hydrogen) atoms. The fourth-order valence-electron chi connectivity index (χ4n) is 2.41. The smallest absolute Gasteiger partial charge is 0.209 e. The van der Waals surface area contributed by atoms with Crippen molar-refractivity contribution in [2.24, 2.45) is 0 Å². The van der Waals surface area contributed by atoms with Crippen molar-refractivity contribution in [2.75, 3.05) is 13.3 Å². The highest BCUT2D eigenvalue weighted by Gasteiger charge is 2.26. The van der Waals surface area contributed by atoms with Crippen molar-refractivity contribution in [1.82, 2.24) is 10.0 Å². The lowest BCUT2D eigenvalue weighted by Crippen LogP contribution is -2.36. The zero-order chi connectivity index (χ0) is 15.3. The number of benzene rings is 2. The van der Waals surface area contributed by atoms with E-state index < -0.39 is 10.0 Å². The minimum absolute atomic E-state index is 0.150. The maximum atomic E-state index is 11.7. The average Bonchev–Trinajstić information content (AvgIpc) is 2.48. The lowest BCUT2D eigenvalue weighted by molar-refractivity contribution is 0.452. The predicted molar refractivity (Wildman–Crippen MR) is 85.4 cm³/mol. The molecule has 2 aromatic carbocycles. The molecule has 0 fully saturated rings. The molecule has 112 valence electrons. The Morgan fingerprint density at radius 2 is 1.24 bits per heavy atom. The van der Waals surface area contributed by atoms with Crippen LogP contribution in [-0.4, -0.2) is 21.7 Å². The van der Waals surface area contributed by atoms with Gasteiger partial charge in [0.25, 0.3) is 0 Å². The Hall–Kier alpha value is -1.69. The Bertz CT molecular complexity index is 657. The lowest BCUT2D eigenvalue weighted by Gasteiger charge is -2.28. The summed E-state index contributed by atoms with van der Waals surface area (Å²) in [5.41, 5.74) is 1.95. The Balaban J connectivity index is 2.43. The fraction of sp³-hybridized carbons (Fsp3) is 0.250. The van der Waals surface area contributed by atoms with E-state index in [1.54, 1.807) is 0 Å². The van der Waals surface area contributed by atoms with Crippen LogP contribution in [0.2, 0.25) is 0 Å². The van der Waals surface area contributed by atoms with E-state index >= 15 is 0 Å². The third kappa shape index (κ3) is 4.39. The fourth-order valence-corrected chi connectivity index (χ4v) is 3.14. The molecule has 5 heteroatoms. The van der Waals surface area contributed by atoms with Gasteiger partial charge in [0, 0.05) is 0 Å².